The molecule has 1 N–H and O–H groups in total. The highest BCUT2D eigenvalue weighted by molar-refractivity contribution is 5.90. The van der Waals surface area contributed by atoms with E-state index >= 15 is 0 Å². The summed E-state index contributed by atoms with van der Waals surface area (Å²) >= 11 is 0. The number of esters is 1. The summed E-state index contributed by atoms with van der Waals surface area (Å²) in [6.45, 7) is 2.28. The van der Waals surface area contributed by atoms with E-state index in [1.54, 1.807) is 19.2 Å². The third-order valence-electron chi connectivity index (χ3n) is 3.89. The van der Waals surface area contributed by atoms with Crippen molar-refractivity contribution in [3.05, 3.63) is 59.5 Å². The number of hydrogen-bond donors (Lipinski definition) is 1. The molecule has 0 amide bonds. The Balaban J connectivity index is 1.67. The number of aryl methyl sites for hydroxylation is 1. The summed E-state index contributed by atoms with van der Waals surface area (Å²) in [5, 5.41) is 7.22. The Morgan fingerprint density at radius 1 is 1.15 bits per heavy atom. The lowest BCUT2D eigenvalue weighted by molar-refractivity contribution is 0.0600. The first-order valence-corrected chi connectivity index (χ1v) is 8.00. The molecule has 0 radical (unpaired) electrons. The monoisotopic (exact) mass is 353 g/mol. The molecule has 3 rings (SSSR count). The number of benzene rings is 2. The molecule has 7 nitrogen and oxygen atoms in total. The second-order valence-corrected chi connectivity index (χ2v) is 5.62. The van der Waals surface area contributed by atoms with Crippen LogP contribution in [0.1, 0.15) is 21.8 Å². The summed E-state index contributed by atoms with van der Waals surface area (Å²) in [5.41, 5.74) is 3.15. The van der Waals surface area contributed by atoms with Gasteiger partial charge < -0.3 is 19.3 Å². The van der Waals surface area contributed by atoms with E-state index in [-0.39, 0.29) is 5.97 Å². The van der Waals surface area contributed by atoms with Gasteiger partial charge in [0, 0.05) is 11.3 Å². The Kier molecular flexibility index (Phi) is 5.17. The van der Waals surface area contributed by atoms with Gasteiger partial charge in [-0.25, -0.2) is 4.79 Å². The molecule has 2 aromatic carbocycles. The summed E-state index contributed by atoms with van der Waals surface area (Å²) < 4.78 is 15.1. The highest BCUT2D eigenvalue weighted by Crippen LogP contribution is 2.21. The van der Waals surface area contributed by atoms with Gasteiger partial charge in [-0.05, 0) is 55.0 Å². The molecule has 134 valence electrons. The number of carbonyl (C=O) groups is 1. The molecule has 0 aliphatic heterocycles. The summed E-state index contributed by atoms with van der Waals surface area (Å²) in [6, 6.07) is 12.7. The molecule has 0 atom stereocenters. The molecule has 0 fully saturated rings. The SMILES string of the molecule is COC(=O)c1ccc(NCc2nc(-c3ccc(OC)cc3)no2)c(C)c1. The van der Waals surface area contributed by atoms with Gasteiger partial charge in [0.1, 0.15) is 5.75 Å². The number of aromatic nitrogens is 2. The number of ether oxygens (including phenoxy) is 2. The summed E-state index contributed by atoms with van der Waals surface area (Å²) in [7, 11) is 2.98. The molecule has 3 aromatic rings. The van der Waals surface area contributed by atoms with Crippen LogP contribution in [0.15, 0.2) is 47.0 Å². The van der Waals surface area contributed by atoms with Crippen molar-refractivity contribution in [3.63, 3.8) is 0 Å². The van der Waals surface area contributed by atoms with Gasteiger partial charge in [0.25, 0.3) is 0 Å². The average molecular weight is 353 g/mol. The van der Waals surface area contributed by atoms with Crippen LogP contribution in [0, 0.1) is 6.92 Å². The lowest BCUT2D eigenvalue weighted by Gasteiger charge is -2.08. The Labute approximate surface area is 150 Å². The highest BCUT2D eigenvalue weighted by Gasteiger charge is 2.11. The number of nitrogens with zero attached hydrogens (tertiary/aromatic N) is 2. The van der Waals surface area contributed by atoms with Gasteiger partial charge in [0.05, 0.1) is 26.3 Å². The Morgan fingerprint density at radius 2 is 1.92 bits per heavy atom. The maximum atomic E-state index is 11.6. The minimum absolute atomic E-state index is 0.360. The van der Waals surface area contributed by atoms with Crippen LogP contribution in [0.3, 0.4) is 0 Å². The molecular weight excluding hydrogens is 334 g/mol. The Morgan fingerprint density at radius 3 is 2.58 bits per heavy atom. The van der Waals surface area contributed by atoms with E-state index in [1.165, 1.54) is 7.11 Å². The fourth-order valence-corrected chi connectivity index (χ4v) is 2.46. The van der Waals surface area contributed by atoms with Crippen molar-refractivity contribution in [3.8, 4) is 17.1 Å². The van der Waals surface area contributed by atoms with Crippen molar-refractivity contribution in [2.24, 2.45) is 0 Å². The molecule has 0 bridgehead atoms. The van der Waals surface area contributed by atoms with Crippen LogP contribution in [0.25, 0.3) is 11.4 Å². The smallest absolute Gasteiger partial charge is 0.337 e. The lowest BCUT2D eigenvalue weighted by Crippen LogP contribution is -2.05. The first-order valence-electron chi connectivity index (χ1n) is 8.00. The quantitative estimate of drug-likeness (QED) is 0.679. The van der Waals surface area contributed by atoms with Crippen molar-refractivity contribution in [1.82, 2.24) is 10.1 Å². The van der Waals surface area contributed by atoms with Crippen LogP contribution in [0.4, 0.5) is 5.69 Å². The van der Waals surface area contributed by atoms with Crippen LogP contribution >= 0.6 is 0 Å². The topological polar surface area (TPSA) is 86.5 Å². The second-order valence-electron chi connectivity index (χ2n) is 5.62. The molecule has 0 saturated heterocycles. The number of hydrogen-bond acceptors (Lipinski definition) is 7. The van der Waals surface area contributed by atoms with E-state index in [0.29, 0.717) is 23.8 Å². The fourth-order valence-electron chi connectivity index (χ4n) is 2.46. The predicted octanol–water partition coefficient (Wildman–Crippen LogP) is 3.45. The highest BCUT2D eigenvalue weighted by atomic mass is 16.5. The van der Waals surface area contributed by atoms with Gasteiger partial charge in [-0.1, -0.05) is 5.16 Å². The predicted molar refractivity (Wildman–Crippen MR) is 96.1 cm³/mol. The largest absolute Gasteiger partial charge is 0.497 e. The number of carbonyl (C=O) groups excluding carboxylic acids is 1. The van der Waals surface area contributed by atoms with Crippen molar-refractivity contribution in [1.29, 1.82) is 0 Å². The fraction of sp³-hybridized carbons (Fsp3) is 0.211. The summed E-state index contributed by atoms with van der Waals surface area (Å²) in [5.74, 6) is 1.39. The van der Waals surface area contributed by atoms with E-state index in [0.717, 1.165) is 22.6 Å². The first kappa shape index (κ1) is 17.5. The zero-order valence-corrected chi connectivity index (χ0v) is 14.8. The zero-order valence-electron chi connectivity index (χ0n) is 14.8. The summed E-state index contributed by atoms with van der Waals surface area (Å²) in [4.78, 5) is 15.9. The molecular formula is C19H19N3O4. The third-order valence-corrected chi connectivity index (χ3v) is 3.89. The van der Waals surface area contributed by atoms with Crippen LogP contribution in [-0.2, 0) is 11.3 Å². The minimum atomic E-state index is -0.360. The molecule has 0 aliphatic rings. The van der Waals surface area contributed by atoms with Crippen molar-refractivity contribution >= 4 is 11.7 Å². The van der Waals surface area contributed by atoms with Gasteiger partial charge in [-0.2, -0.15) is 4.98 Å². The minimum Gasteiger partial charge on any atom is -0.497 e. The Hall–Kier alpha value is -3.35. The van der Waals surface area contributed by atoms with E-state index in [4.69, 9.17) is 14.0 Å². The van der Waals surface area contributed by atoms with Gasteiger partial charge in [-0.3, -0.25) is 0 Å². The van der Waals surface area contributed by atoms with E-state index < -0.39 is 0 Å². The molecule has 1 heterocycles. The van der Waals surface area contributed by atoms with Gasteiger partial charge in [0.15, 0.2) is 0 Å². The molecule has 26 heavy (non-hydrogen) atoms. The van der Waals surface area contributed by atoms with Gasteiger partial charge >= 0.3 is 5.97 Å². The normalized spacial score (nSPS) is 10.4. The van der Waals surface area contributed by atoms with Gasteiger partial charge in [-0.15, -0.1) is 0 Å². The summed E-state index contributed by atoms with van der Waals surface area (Å²) in [6.07, 6.45) is 0. The van der Waals surface area contributed by atoms with Crippen molar-refractivity contribution in [2.45, 2.75) is 13.5 Å². The number of rotatable bonds is 6. The second kappa shape index (κ2) is 7.69. The maximum Gasteiger partial charge on any atom is 0.337 e. The molecule has 7 heteroatoms. The van der Waals surface area contributed by atoms with Crippen molar-refractivity contribution < 1.29 is 18.8 Å². The first-order chi connectivity index (χ1) is 12.6. The maximum absolute atomic E-state index is 11.6. The molecule has 0 spiro atoms. The van der Waals surface area contributed by atoms with Gasteiger partial charge in [0.2, 0.25) is 11.7 Å². The molecule has 1 aromatic heterocycles. The van der Waals surface area contributed by atoms with Crippen molar-refractivity contribution in [2.75, 3.05) is 19.5 Å². The Bertz CT molecular complexity index is 903. The average Bonchev–Trinajstić information content (AvgIpc) is 3.15. The van der Waals surface area contributed by atoms with Crippen LogP contribution < -0.4 is 10.1 Å². The van der Waals surface area contributed by atoms with Crippen LogP contribution in [0.2, 0.25) is 0 Å². The lowest BCUT2D eigenvalue weighted by atomic mass is 10.1. The van der Waals surface area contributed by atoms with E-state index in [1.807, 2.05) is 37.3 Å². The molecule has 0 saturated carbocycles. The third kappa shape index (κ3) is 3.83. The number of anilines is 1. The van der Waals surface area contributed by atoms with Crippen LogP contribution in [0.5, 0.6) is 5.75 Å². The molecule has 0 aliphatic carbocycles. The zero-order chi connectivity index (χ0) is 18.5. The molecule has 0 unspecified atom stereocenters. The van der Waals surface area contributed by atoms with E-state index in [9.17, 15) is 4.79 Å². The number of methoxy groups -OCH3 is 2. The number of nitrogens with one attached hydrogen (secondary N) is 1. The van der Waals surface area contributed by atoms with E-state index in [2.05, 4.69) is 15.5 Å². The standard InChI is InChI=1S/C19H19N3O4/c1-12-10-14(19(23)25-3)6-9-16(12)20-11-17-21-18(22-26-17)13-4-7-15(24-2)8-5-13/h4-10,20H,11H2,1-3H3. The van der Waals surface area contributed by atoms with Crippen LogP contribution in [-0.4, -0.2) is 30.3 Å².